The summed E-state index contributed by atoms with van der Waals surface area (Å²) in [5, 5.41) is 13.6. The lowest BCUT2D eigenvalue weighted by Gasteiger charge is -2.35. The molecule has 2 aliphatic carbocycles. The Labute approximate surface area is 122 Å². The van der Waals surface area contributed by atoms with Crippen LogP contribution < -0.4 is 5.32 Å². The molecule has 3 rings (SSSR count). The highest BCUT2D eigenvalue weighted by Gasteiger charge is 2.41. The number of nitrogens with zero attached hydrogens (tertiary/aromatic N) is 2. The van der Waals surface area contributed by atoms with E-state index in [1.807, 2.05) is 0 Å². The summed E-state index contributed by atoms with van der Waals surface area (Å²) in [5.74, 6) is 1.02. The Morgan fingerprint density at radius 2 is 1.90 bits per heavy atom. The highest BCUT2D eigenvalue weighted by Crippen LogP contribution is 2.45. The zero-order chi connectivity index (χ0) is 14.1. The van der Waals surface area contributed by atoms with E-state index in [1.165, 1.54) is 32.1 Å². The fourth-order valence-corrected chi connectivity index (χ4v) is 4.04. The van der Waals surface area contributed by atoms with Gasteiger partial charge in [0, 0.05) is 19.6 Å². The number of hydrogen-bond acceptors (Lipinski definition) is 2. The van der Waals surface area contributed by atoms with Crippen LogP contribution in [0.25, 0.3) is 0 Å². The highest BCUT2D eigenvalue weighted by atomic mass is 16.3. The van der Waals surface area contributed by atoms with Crippen molar-refractivity contribution in [3.05, 3.63) is 0 Å². The van der Waals surface area contributed by atoms with Crippen LogP contribution in [-0.4, -0.2) is 47.7 Å². The average Bonchev–Trinajstić information content (AvgIpc) is 3.03. The topological polar surface area (TPSA) is 47.9 Å². The van der Waals surface area contributed by atoms with Gasteiger partial charge >= 0.3 is 0 Å². The number of guanidine groups is 1. The number of aliphatic imine (C=N–C) groups is 1. The molecule has 0 aromatic carbocycles. The minimum Gasteiger partial charge on any atom is -0.388 e. The van der Waals surface area contributed by atoms with Crippen LogP contribution in [0.15, 0.2) is 4.99 Å². The van der Waals surface area contributed by atoms with Crippen LogP contribution in [0.1, 0.15) is 58.3 Å². The molecule has 0 aromatic rings. The smallest absolute Gasteiger partial charge is 0.194 e. The average molecular weight is 279 g/mol. The Kier molecular flexibility index (Phi) is 3.93. The van der Waals surface area contributed by atoms with Gasteiger partial charge in [-0.3, -0.25) is 4.99 Å². The lowest BCUT2D eigenvalue weighted by Crippen LogP contribution is -2.44. The Balaban J connectivity index is 1.63. The predicted molar refractivity (Wildman–Crippen MR) is 81.9 cm³/mol. The predicted octanol–water partition coefficient (Wildman–Crippen LogP) is 2.13. The minimum atomic E-state index is -0.508. The molecule has 4 heteroatoms. The van der Waals surface area contributed by atoms with Crippen LogP contribution in [0.5, 0.6) is 0 Å². The quantitative estimate of drug-likeness (QED) is 0.614. The first kappa shape index (κ1) is 14.2. The third-order valence-electron chi connectivity index (χ3n) is 5.54. The minimum absolute atomic E-state index is 0.508. The van der Waals surface area contributed by atoms with Gasteiger partial charge in [-0.05, 0) is 50.9 Å². The molecule has 2 N–H and O–H groups in total. The van der Waals surface area contributed by atoms with E-state index in [9.17, 15) is 5.11 Å². The van der Waals surface area contributed by atoms with Gasteiger partial charge in [0.2, 0.25) is 0 Å². The van der Waals surface area contributed by atoms with Crippen LogP contribution in [0.4, 0.5) is 0 Å². The van der Waals surface area contributed by atoms with Crippen molar-refractivity contribution in [3.8, 4) is 0 Å². The van der Waals surface area contributed by atoms with Gasteiger partial charge < -0.3 is 15.3 Å². The number of aliphatic hydroxyl groups is 1. The molecule has 0 radical (unpaired) electrons. The van der Waals surface area contributed by atoms with Crippen molar-refractivity contribution in [3.63, 3.8) is 0 Å². The van der Waals surface area contributed by atoms with Gasteiger partial charge in [0.05, 0.1) is 12.1 Å². The Morgan fingerprint density at radius 1 is 1.15 bits per heavy atom. The lowest BCUT2D eigenvalue weighted by molar-refractivity contribution is -0.0237. The molecule has 0 aromatic heterocycles. The van der Waals surface area contributed by atoms with Gasteiger partial charge in [-0.1, -0.05) is 12.8 Å². The number of hydrogen-bond donors (Lipinski definition) is 2. The number of rotatable bonds is 3. The van der Waals surface area contributed by atoms with E-state index >= 15 is 0 Å². The second kappa shape index (κ2) is 5.55. The van der Waals surface area contributed by atoms with Crippen molar-refractivity contribution in [2.45, 2.75) is 63.9 Å². The number of likely N-dealkylation sites (tertiary alicyclic amines) is 1. The molecular weight excluding hydrogens is 250 g/mol. The first-order chi connectivity index (χ1) is 9.65. The fraction of sp³-hybridized carbons (Fsp3) is 0.938. The Hall–Kier alpha value is -0.770. The van der Waals surface area contributed by atoms with Crippen molar-refractivity contribution < 1.29 is 5.11 Å². The van der Waals surface area contributed by atoms with E-state index in [-0.39, 0.29) is 0 Å². The van der Waals surface area contributed by atoms with E-state index in [0.717, 1.165) is 44.9 Å². The zero-order valence-corrected chi connectivity index (χ0v) is 12.8. The highest BCUT2D eigenvalue weighted by molar-refractivity contribution is 5.80. The third kappa shape index (κ3) is 2.80. The SMILES string of the molecule is CCNC(=NCC1(O)CCC1)N1CCC2(CCCC2)C1. The van der Waals surface area contributed by atoms with Crippen molar-refractivity contribution >= 4 is 5.96 Å². The molecule has 1 heterocycles. The summed E-state index contributed by atoms with van der Waals surface area (Å²) in [4.78, 5) is 7.15. The summed E-state index contributed by atoms with van der Waals surface area (Å²) in [7, 11) is 0. The van der Waals surface area contributed by atoms with Gasteiger partial charge in [0.25, 0.3) is 0 Å². The summed E-state index contributed by atoms with van der Waals surface area (Å²) in [6.07, 6.45) is 9.90. The van der Waals surface area contributed by atoms with Gasteiger partial charge in [0.1, 0.15) is 0 Å². The van der Waals surface area contributed by atoms with Crippen LogP contribution in [0.3, 0.4) is 0 Å². The van der Waals surface area contributed by atoms with Crippen molar-refractivity contribution in [1.82, 2.24) is 10.2 Å². The maximum absolute atomic E-state index is 10.2. The molecule has 0 amide bonds. The molecule has 20 heavy (non-hydrogen) atoms. The molecule has 0 bridgehead atoms. The van der Waals surface area contributed by atoms with Crippen LogP contribution in [0.2, 0.25) is 0 Å². The first-order valence-corrected chi connectivity index (χ1v) is 8.41. The molecule has 1 saturated heterocycles. The molecule has 0 unspecified atom stereocenters. The lowest BCUT2D eigenvalue weighted by atomic mass is 9.80. The van der Waals surface area contributed by atoms with E-state index in [4.69, 9.17) is 4.99 Å². The molecule has 3 aliphatic rings. The molecule has 2 saturated carbocycles. The Bertz CT molecular complexity index is 370. The van der Waals surface area contributed by atoms with Crippen molar-refractivity contribution in [2.24, 2.45) is 10.4 Å². The second-order valence-electron chi connectivity index (χ2n) is 7.13. The molecule has 4 nitrogen and oxygen atoms in total. The summed E-state index contributed by atoms with van der Waals surface area (Å²) < 4.78 is 0. The van der Waals surface area contributed by atoms with Gasteiger partial charge in [0.15, 0.2) is 5.96 Å². The second-order valence-corrected chi connectivity index (χ2v) is 7.13. The molecular formula is C16H29N3O. The van der Waals surface area contributed by atoms with Gasteiger partial charge in [-0.25, -0.2) is 0 Å². The monoisotopic (exact) mass is 279 g/mol. The first-order valence-electron chi connectivity index (χ1n) is 8.41. The van der Waals surface area contributed by atoms with Gasteiger partial charge in [-0.15, -0.1) is 0 Å². The summed E-state index contributed by atoms with van der Waals surface area (Å²) >= 11 is 0. The molecule has 3 fully saturated rings. The summed E-state index contributed by atoms with van der Waals surface area (Å²) in [5.41, 5.74) is 0.0645. The summed E-state index contributed by atoms with van der Waals surface area (Å²) in [6, 6.07) is 0. The standard InChI is InChI=1S/C16H29N3O/c1-2-17-14(18-12-16(20)8-5-9-16)19-11-10-15(13-19)6-3-4-7-15/h20H,2-13H2,1H3,(H,17,18). The number of nitrogens with one attached hydrogen (secondary N) is 1. The van der Waals surface area contributed by atoms with Crippen LogP contribution in [-0.2, 0) is 0 Å². The molecule has 114 valence electrons. The van der Waals surface area contributed by atoms with E-state index < -0.39 is 5.60 Å². The van der Waals surface area contributed by atoms with Crippen molar-refractivity contribution in [2.75, 3.05) is 26.2 Å². The largest absolute Gasteiger partial charge is 0.388 e. The fourth-order valence-electron chi connectivity index (χ4n) is 4.04. The molecule has 1 spiro atoms. The van der Waals surface area contributed by atoms with Crippen LogP contribution in [0, 0.1) is 5.41 Å². The zero-order valence-electron chi connectivity index (χ0n) is 12.8. The van der Waals surface area contributed by atoms with E-state index in [0.29, 0.717) is 12.0 Å². The maximum Gasteiger partial charge on any atom is 0.194 e. The Morgan fingerprint density at radius 3 is 2.50 bits per heavy atom. The molecule has 1 aliphatic heterocycles. The van der Waals surface area contributed by atoms with E-state index in [1.54, 1.807) is 0 Å². The maximum atomic E-state index is 10.2. The van der Waals surface area contributed by atoms with Crippen molar-refractivity contribution in [1.29, 1.82) is 0 Å². The normalized spacial score (nSPS) is 27.9. The molecule has 0 atom stereocenters. The van der Waals surface area contributed by atoms with Crippen LogP contribution >= 0.6 is 0 Å². The third-order valence-corrected chi connectivity index (χ3v) is 5.54. The summed E-state index contributed by atoms with van der Waals surface area (Å²) in [6.45, 7) is 5.89. The van der Waals surface area contributed by atoms with Gasteiger partial charge in [-0.2, -0.15) is 0 Å². The van der Waals surface area contributed by atoms with E-state index in [2.05, 4.69) is 17.1 Å².